The molecule has 7 nitrogen and oxygen atoms in total. The molecule has 0 aliphatic rings. The van der Waals surface area contributed by atoms with Gasteiger partial charge in [0.2, 0.25) is 15.2 Å². The van der Waals surface area contributed by atoms with E-state index in [9.17, 15) is 13.2 Å². The van der Waals surface area contributed by atoms with Gasteiger partial charge in [0.05, 0.1) is 18.5 Å². The summed E-state index contributed by atoms with van der Waals surface area (Å²) in [6.45, 7) is 6.06. The van der Waals surface area contributed by atoms with Gasteiger partial charge in [-0.15, -0.1) is 10.2 Å². The highest BCUT2D eigenvalue weighted by Crippen LogP contribution is 2.27. The van der Waals surface area contributed by atoms with Crippen molar-refractivity contribution in [2.24, 2.45) is 0 Å². The third-order valence-corrected chi connectivity index (χ3v) is 7.41. The van der Waals surface area contributed by atoms with Crippen molar-refractivity contribution in [2.45, 2.75) is 27.3 Å². The van der Waals surface area contributed by atoms with E-state index in [1.54, 1.807) is 24.3 Å². The Morgan fingerprint density at radius 3 is 2.11 bits per heavy atom. The SMILES string of the molecule is Cc1ccc(-c2nnc(NC(=O)c3ccc(CN(c4cc(C)cc(C)c4)S(C)(=O)=O)cc3)s2)cc1. The van der Waals surface area contributed by atoms with Crippen molar-refractivity contribution in [2.75, 3.05) is 15.9 Å². The molecular weight excluding hydrogens is 480 g/mol. The molecule has 3 aromatic carbocycles. The lowest BCUT2D eigenvalue weighted by molar-refractivity contribution is 0.102. The lowest BCUT2D eigenvalue weighted by atomic mass is 10.1. The van der Waals surface area contributed by atoms with Crippen LogP contribution in [0.1, 0.15) is 32.6 Å². The highest BCUT2D eigenvalue weighted by atomic mass is 32.2. The molecule has 0 radical (unpaired) electrons. The third kappa shape index (κ3) is 6.12. The Hall–Kier alpha value is -3.56. The van der Waals surface area contributed by atoms with E-state index in [-0.39, 0.29) is 12.5 Å². The Kier molecular flexibility index (Phi) is 7.00. The Labute approximate surface area is 209 Å². The molecule has 0 aliphatic carbocycles. The van der Waals surface area contributed by atoms with Gasteiger partial charge in [0.15, 0.2) is 0 Å². The lowest BCUT2D eigenvalue weighted by Gasteiger charge is -2.23. The van der Waals surface area contributed by atoms with E-state index in [1.807, 2.05) is 63.2 Å². The Balaban J connectivity index is 1.47. The number of carbonyl (C=O) groups is 1. The molecule has 1 heterocycles. The molecular formula is C26H26N4O3S2. The minimum Gasteiger partial charge on any atom is -0.296 e. The van der Waals surface area contributed by atoms with Gasteiger partial charge >= 0.3 is 0 Å². The van der Waals surface area contributed by atoms with Crippen LogP contribution in [0.15, 0.2) is 66.7 Å². The van der Waals surface area contributed by atoms with Crippen molar-refractivity contribution >= 4 is 38.1 Å². The maximum atomic E-state index is 12.7. The molecule has 0 spiro atoms. The molecule has 1 N–H and O–H groups in total. The Morgan fingerprint density at radius 1 is 0.886 bits per heavy atom. The Bertz CT molecular complexity index is 1440. The van der Waals surface area contributed by atoms with E-state index in [0.717, 1.165) is 32.8 Å². The average molecular weight is 507 g/mol. The number of anilines is 2. The van der Waals surface area contributed by atoms with Crippen molar-refractivity contribution in [1.82, 2.24) is 10.2 Å². The van der Waals surface area contributed by atoms with Crippen LogP contribution in [0.5, 0.6) is 0 Å². The van der Waals surface area contributed by atoms with E-state index in [0.29, 0.717) is 16.4 Å². The van der Waals surface area contributed by atoms with Crippen molar-refractivity contribution in [1.29, 1.82) is 0 Å². The number of carbonyl (C=O) groups excluding carboxylic acids is 1. The fourth-order valence-electron chi connectivity index (χ4n) is 3.68. The van der Waals surface area contributed by atoms with Crippen LogP contribution in [0.4, 0.5) is 10.8 Å². The maximum absolute atomic E-state index is 12.7. The van der Waals surface area contributed by atoms with E-state index in [2.05, 4.69) is 15.5 Å². The summed E-state index contributed by atoms with van der Waals surface area (Å²) in [4.78, 5) is 12.7. The first kappa shape index (κ1) is 24.6. The number of hydrogen-bond donors (Lipinski definition) is 1. The lowest BCUT2D eigenvalue weighted by Crippen LogP contribution is -2.29. The fourth-order valence-corrected chi connectivity index (χ4v) is 5.29. The first-order valence-corrected chi connectivity index (χ1v) is 13.6. The zero-order valence-electron chi connectivity index (χ0n) is 19.9. The minimum atomic E-state index is -3.50. The predicted molar refractivity (Wildman–Crippen MR) is 141 cm³/mol. The van der Waals surface area contributed by atoms with Crippen LogP contribution in [-0.2, 0) is 16.6 Å². The largest absolute Gasteiger partial charge is 0.296 e. The van der Waals surface area contributed by atoms with Crippen LogP contribution in [0.3, 0.4) is 0 Å². The topological polar surface area (TPSA) is 92.3 Å². The highest BCUT2D eigenvalue weighted by molar-refractivity contribution is 7.92. The van der Waals surface area contributed by atoms with Crippen LogP contribution < -0.4 is 9.62 Å². The number of benzene rings is 3. The minimum absolute atomic E-state index is 0.167. The summed E-state index contributed by atoms with van der Waals surface area (Å²) in [6.07, 6.45) is 1.19. The van der Waals surface area contributed by atoms with E-state index in [1.165, 1.54) is 21.9 Å². The van der Waals surface area contributed by atoms with Gasteiger partial charge in [-0.2, -0.15) is 0 Å². The predicted octanol–water partition coefficient (Wildman–Crippen LogP) is 5.35. The summed E-state index contributed by atoms with van der Waals surface area (Å²) in [5.41, 5.74) is 5.90. The normalized spacial score (nSPS) is 11.3. The van der Waals surface area contributed by atoms with Gasteiger partial charge in [-0.3, -0.25) is 14.4 Å². The van der Waals surface area contributed by atoms with Crippen LogP contribution >= 0.6 is 11.3 Å². The van der Waals surface area contributed by atoms with Gasteiger partial charge < -0.3 is 0 Å². The summed E-state index contributed by atoms with van der Waals surface area (Å²) in [5, 5.41) is 12.2. The quantitative estimate of drug-likeness (QED) is 0.365. The first-order valence-electron chi connectivity index (χ1n) is 11.0. The first-order chi connectivity index (χ1) is 16.6. The summed E-state index contributed by atoms with van der Waals surface area (Å²) in [5.74, 6) is -0.308. The smallest absolute Gasteiger partial charge is 0.257 e. The fraction of sp³-hybridized carbons (Fsp3) is 0.192. The number of aromatic nitrogens is 2. The number of hydrogen-bond acceptors (Lipinski definition) is 6. The molecule has 9 heteroatoms. The average Bonchev–Trinajstić information content (AvgIpc) is 3.25. The summed E-state index contributed by atoms with van der Waals surface area (Å²) < 4.78 is 26.4. The van der Waals surface area contributed by atoms with Crippen LogP contribution in [0.25, 0.3) is 10.6 Å². The second kappa shape index (κ2) is 9.97. The van der Waals surface area contributed by atoms with Crippen LogP contribution in [0.2, 0.25) is 0 Å². The third-order valence-electron chi connectivity index (χ3n) is 5.38. The molecule has 0 aliphatic heterocycles. The maximum Gasteiger partial charge on any atom is 0.257 e. The zero-order chi connectivity index (χ0) is 25.2. The van der Waals surface area contributed by atoms with Crippen molar-refractivity contribution < 1.29 is 13.2 Å². The van der Waals surface area contributed by atoms with Crippen LogP contribution in [0, 0.1) is 20.8 Å². The number of nitrogens with one attached hydrogen (secondary N) is 1. The van der Waals surface area contributed by atoms with Crippen molar-refractivity contribution in [3.63, 3.8) is 0 Å². The summed E-state index contributed by atoms with van der Waals surface area (Å²) >= 11 is 1.30. The van der Waals surface area contributed by atoms with Gasteiger partial charge in [-0.05, 0) is 61.7 Å². The molecule has 35 heavy (non-hydrogen) atoms. The number of sulfonamides is 1. The van der Waals surface area contributed by atoms with Gasteiger partial charge in [-0.25, -0.2) is 8.42 Å². The summed E-state index contributed by atoms with van der Waals surface area (Å²) in [6, 6.07) is 20.5. The molecule has 0 bridgehead atoms. The number of aryl methyl sites for hydroxylation is 3. The monoisotopic (exact) mass is 506 g/mol. The van der Waals surface area contributed by atoms with E-state index in [4.69, 9.17) is 0 Å². The van der Waals surface area contributed by atoms with Crippen molar-refractivity contribution in [3.05, 3.63) is 94.5 Å². The summed E-state index contributed by atoms with van der Waals surface area (Å²) in [7, 11) is -3.50. The number of amides is 1. The molecule has 4 rings (SSSR count). The zero-order valence-corrected chi connectivity index (χ0v) is 21.6. The molecule has 0 saturated carbocycles. The Morgan fingerprint density at radius 2 is 1.51 bits per heavy atom. The molecule has 1 amide bonds. The van der Waals surface area contributed by atoms with Gasteiger partial charge in [0, 0.05) is 11.1 Å². The van der Waals surface area contributed by atoms with E-state index < -0.39 is 10.0 Å². The van der Waals surface area contributed by atoms with Crippen LogP contribution in [-0.4, -0.2) is 30.8 Å². The number of nitrogens with zero attached hydrogens (tertiary/aromatic N) is 3. The second-order valence-electron chi connectivity index (χ2n) is 8.54. The van der Waals surface area contributed by atoms with Gasteiger partial charge in [0.25, 0.3) is 5.91 Å². The molecule has 0 atom stereocenters. The second-order valence-corrected chi connectivity index (χ2v) is 11.4. The highest BCUT2D eigenvalue weighted by Gasteiger charge is 2.19. The van der Waals surface area contributed by atoms with Crippen molar-refractivity contribution in [3.8, 4) is 10.6 Å². The van der Waals surface area contributed by atoms with Gasteiger partial charge in [0.1, 0.15) is 5.01 Å². The molecule has 0 unspecified atom stereocenters. The molecule has 1 aromatic heterocycles. The van der Waals surface area contributed by atoms with Gasteiger partial charge in [-0.1, -0.05) is 59.4 Å². The molecule has 180 valence electrons. The molecule has 0 fully saturated rings. The molecule has 4 aromatic rings. The standard InChI is InChI=1S/C26H26N4O3S2/c1-17-5-9-22(10-6-17)25-28-29-26(34-25)27-24(31)21-11-7-20(8-12-21)16-30(35(4,32)33)23-14-18(2)13-19(3)15-23/h5-15H,16H2,1-4H3,(H,27,29,31). The molecule has 0 saturated heterocycles. The number of rotatable bonds is 7. The van der Waals surface area contributed by atoms with E-state index >= 15 is 0 Å².